The van der Waals surface area contributed by atoms with E-state index in [9.17, 15) is 19.2 Å². The lowest BCUT2D eigenvalue weighted by molar-refractivity contribution is -0.0355. The van der Waals surface area contributed by atoms with Gasteiger partial charge >= 0.3 is 7.60 Å². The summed E-state index contributed by atoms with van der Waals surface area (Å²) < 4.78 is 31.5. The van der Waals surface area contributed by atoms with Crippen molar-refractivity contribution in [2.45, 2.75) is 43.9 Å². The normalized spacial score (nSPS) is 24.3. The van der Waals surface area contributed by atoms with Gasteiger partial charge in [0.05, 0.1) is 24.6 Å². The van der Waals surface area contributed by atoms with Gasteiger partial charge in [0, 0.05) is 0 Å². The van der Waals surface area contributed by atoms with Crippen LogP contribution in [0.25, 0.3) is 11.2 Å². The fraction of sp³-hybridized carbons (Fsp3) is 0.421. The number of anilines is 1. The van der Waals surface area contributed by atoms with Gasteiger partial charge in [-0.3, -0.25) is 9.13 Å². The summed E-state index contributed by atoms with van der Waals surface area (Å²) in [6.45, 7) is 1.85. The van der Waals surface area contributed by atoms with E-state index in [2.05, 4.69) is 20.3 Å². The second-order valence-corrected chi connectivity index (χ2v) is 9.92. The number of halogens is 2. The van der Waals surface area contributed by atoms with Gasteiger partial charge in [-0.2, -0.15) is 9.97 Å². The van der Waals surface area contributed by atoms with Gasteiger partial charge in [0.25, 0.3) is 0 Å². The maximum atomic E-state index is 13.2. The van der Waals surface area contributed by atoms with Crippen LogP contribution in [0.1, 0.15) is 31.2 Å². The van der Waals surface area contributed by atoms with Gasteiger partial charge in [0.15, 0.2) is 23.2 Å². The third-order valence-electron chi connectivity index (χ3n) is 5.43. The first-order chi connectivity index (χ1) is 15.5. The van der Waals surface area contributed by atoms with E-state index in [0.717, 1.165) is 5.56 Å². The van der Waals surface area contributed by atoms with Gasteiger partial charge in [-0.05, 0) is 42.6 Å². The Labute approximate surface area is 192 Å². The number of nitrogens with one attached hydrogen (secondary N) is 1. The van der Waals surface area contributed by atoms with Crippen LogP contribution in [0.3, 0.4) is 0 Å². The molecule has 0 aliphatic carbocycles. The zero-order chi connectivity index (χ0) is 23.9. The highest BCUT2D eigenvalue weighted by atomic mass is 35.5. The fourth-order valence-electron chi connectivity index (χ4n) is 3.71. The zero-order valence-electron chi connectivity index (χ0n) is 17.3. The summed E-state index contributed by atoms with van der Waals surface area (Å²) in [6, 6.07) is 5.67. The van der Waals surface area contributed by atoms with E-state index >= 15 is 0 Å². The molecule has 1 saturated heterocycles. The van der Waals surface area contributed by atoms with Crippen molar-refractivity contribution in [2.75, 3.05) is 11.5 Å². The lowest BCUT2D eigenvalue weighted by Crippen LogP contribution is -2.31. The third kappa shape index (κ3) is 5.17. The number of hydrogen-bond acceptors (Lipinski definition) is 8. The third-order valence-corrected chi connectivity index (χ3v) is 6.44. The molecule has 11 nitrogen and oxygen atoms in total. The standard InChI is InChI=1S/C19H22ClFN5O6P/c1-9(10-2-4-11(21)5-3-10)23-16-13-17(25-19(20)24-16)26(8-22-13)18-15(28)14(27)12(32-18)6-7-33(29,30)31/h2-5,8-9,12,14-15,18,27-28H,6-7H2,1H3,(H,23,24,25)(H2,29,30,31)/t9-,12+,14?,15-,18+/m0/s1. The van der Waals surface area contributed by atoms with Crippen LogP contribution in [-0.4, -0.2) is 64.0 Å². The van der Waals surface area contributed by atoms with Crippen LogP contribution in [0.5, 0.6) is 0 Å². The number of fused-ring (bicyclic) bond motifs is 1. The quantitative estimate of drug-likeness (QED) is 0.239. The molecule has 0 amide bonds. The monoisotopic (exact) mass is 501 g/mol. The molecule has 1 unspecified atom stereocenters. The summed E-state index contributed by atoms with van der Waals surface area (Å²) in [5.74, 6) is -0.0553. The summed E-state index contributed by atoms with van der Waals surface area (Å²) in [7, 11) is -4.30. The van der Waals surface area contributed by atoms with E-state index < -0.39 is 38.3 Å². The van der Waals surface area contributed by atoms with Crippen LogP contribution >= 0.6 is 19.2 Å². The molecule has 33 heavy (non-hydrogen) atoms. The number of hydrogen-bond donors (Lipinski definition) is 5. The maximum absolute atomic E-state index is 13.2. The second-order valence-electron chi connectivity index (χ2n) is 7.81. The molecule has 5 N–H and O–H groups in total. The summed E-state index contributed by atoms with van der Waals surface area (Å²) in [6.07, 6.45) is -4.18. The highest BCUT2D eigenvalue weighted by Crippen LogP contribution is 2.40. The number of imidazole rings is 1. The largest absolute Gasteiger partial charge is 0.388 e. The summed E-state index contributed by atoms with van der Waals surface area (Å²) >= 11 is 6.11. The van der Waals surface area contributed by atoms with Crippen molar-refractivity contribution in [1.29, 1.82) is 0 Å². The molecule has 14 heteroatoms. The van der Waals surface area contributed by atoms with Crippen molar-refractivity contribution in [3.8, 4) is 0 Å². The van der Waals surface area contributed by atoms with Crippen molar-refractivity contribution in [3.05, 3.63) is 47.3 Å². The Hall–Kier alpha value is -2.18. The topological polar surface area (TPSA) is 163 Å². The van der Waals surface area contributed by atoms with E-state index in [4.69, 9.17) is 26.1 Å². The Morgan fingerprint density at radius 2 is 1.94 bits per heavy atom. The Bertz CT molecular complexity index is 1190. The molecule has 3 aromatic rings. The Morgan fingerprint density at radius 1 is 1.24 bits per heavy atom. The Balaban J connectivity index is 1.61. The summed E-state index contributed by atoms with van der Waals surface area (Å²) in [5, 5.41) is 23.9. The minimum atomic E-state index is -4.30. The minimum Gasteiger partial charge on any atom is -0.388 e. The van der Waals surface area contributed by atoms with E-state index in [1.54, 1.807) is 12.1 Å². The molecule has 4 rings (SSSR count). The smallest absolute Gasteiger partial charge is 0.325 e. The predicted octanol–water partition coefficient (Wildman–Crippen LogP) is 1.98. The first-order valence-corrected chi connectivity index (χ1v) is 12.2. The maximum Gasteiger partial charge on any atom is 0.325 e. The predicted molar refractivity (Wildman–Crippen MR) is 116 cm³/mol. The summed E-state index contributed by atoms with van der Waals surface area (Å²) in [4.78, 5) is 30.8. The van der Waals surface area contributed by atoms with Gasteiger partial charge in [0.2, 0.25) is 5.28 Å². The Morgan fingerprint density at radius 3 is 2.61 bits per heavy atom. The molecule has 5 atom stereocenters. The van der Waals surface area contributed by atoms with Crippen LogP contribution in [0.4, 0.5) is 10.2 Å². The zero-order valence-corrected chi connectivity index (χ0v) is 18.9. The fourth-order valence-corrected chi connectivity index (χ4v) is 4.47. The molecule has 1 aromatic carbocycles. The highest BCUT2D eigenvalue weighted by Gasteiger charge is 2.44. The van der Waals surface area contributed by atoms with Gasteiger partial charge in [-0.25, -0.2) is 9.37 Å². The van der Waals surface area contributed by atoms with Gasteiger partial charge in [0.1, 0.15) is 18.0 Å². The first kappa shape index (κ1) is 24.0. The molecule has 0 spiro atoms. The second kappa shape index (κ2) is 9.22. The SMILES string of the molecule is C[C@H](Nc1nc(Cl)nc2c1ncn2[C@@H]1O[C@H](CCP(=O)(O)O)C(O)[C@@H]1O)c1ccc(F)cc1. The molecule has 0 saturated carbocycles. The first-order valence-electron chi connectivity index (χ1n) is 10.0. The molecule has 0 bridgehead atoms. The molecule has 1 aliphatic rings. The molecule has 1 aliphatic heterocycles. The average molecular weight is 502 g/mol. The number of aliphatic hydroxyl groups excluding tert-OH is 2. The van der Waals surface area contributed by atoms with E-state index in [-0.39, 0.29) is 29.2 Å². The molecule has 2 aromatic heterocycles. The number of ether oxygens (including phenoxy) is 1. The minimum absolute atomic E-state index is 0.107. The molecule has 178 valence electrons. The number of benzene rings is 1. The van der Waals surface area contributed by atoms with Crippen LogP contribution in [0, 0.1) is 5.82 Å². The van der Waals surface area contributed by atoms with E-state index in [1.807, 2.05) is 6.92 Å². The molecular formula is C19H22ClFN5O6P. The average Bonchev–Trinajstić information content (AvgIpc) is 3.27. The van der Waals surface area contributed by atoms with Crippen molar-refractivity contribution in [1.82, 2.24) is 19.5 Å². The lowest BCUT2D eigenvalue weighted by Gasteiger charge is -2.18. The number of rotatable bonds is 7. The molecule has 0 radical (unpaired) electrons. The van der Waals surface area contributed by atoms with E-state index in [0.29, 0.717) is 11.3 Å². The van der Waals surface area contributed by atoms with Gasteiger partial charge < -0.3 is 30.1 Å². The van der Waals surface area contributed by atoms with Crippen molar-refractivity contribution < 1.29 is 33.7 Å². The lowest BCUT2D eigenvalue weighted by atomic mass is 10.1. The van der Waals surface area contributed by atoms with Gasteiger partial charge in [-0.1, -0.05) is 12.1 Å². The summed E-state index contributed by atoms with van der Waals surface area (Å²) in [5.41, 5.74) is 1.33. The van der Waals surface area contributed by atoms with Crippen LogP contribution in [0.15, 0.2) is 30.6 Å². The number of aromatic nitrogens is 4. The van der Waals surface area contributed by atoms with Gasteiger partial charge in [-0.15, -0.1) is 0 Å². The van der Waals surface area contributed by atoms with Crippen LogP contribution in [-0.2, 0) is 9.30 Å². The van der Waals surface area contributed by atoms with Crippen molar-refractivity contribution >= 4 is 36.2 Å². The van der Waals surface area contributed by atoms with Crippen molar-refractivity contribution in [3.63, 3.8) is 0 Å². The van der Waals surface area contributed by atoms with E-state index in [1.165, 1.54) is 23.0 Å². The Kier molecular flexibility index (Phi) is 6.70. The van der Waals surface area contributed by atoms with Crippen LogP contribution < -0.4 is 5.32 Å². The highest BCUT2D eigenvalue weighted by molar-refractivity contribution is 7.51. The molecule has 3 heterocycles. The van der Waals surface area contributed by atoms with Crippen LogP contribution in [0.2, 0.25) is 5.28 Å². The molecule has 1 fully saturated rings. The number of aliphatic hydroxyl groups is 2. The van der Waals surface area contributed by atoms with Crippen molar-refractivity contribution in [2.24, 2.45) is 0 Å². The molecular weight excluding hydrogens is 480 g/mol. The number of nitrogens with zero attached hydrogens (tertiary/aromatic N) is 4.